The second kappa shape index (κ2) is 40.5. The summed E-state index contributed by atoms with van der Waals surface area (Å²) in [6.07, 6.45) is 15.6. The predicted molar refractivity (Wildman–Crippen MR) is 483 cm³/mol. The lowest BCUT2D eigenvalue weighted by Gasteiger charge is -2.06. The highest BCUT2D eigenvalue weighted by Crippen LogP contribution is 2.33. The van der Waals surface area contributed by atoms with Crippen LogP contribution in [0.2, 0.25) is 0 Å². The van der Waals surface area contributed by atoms with Crippen LogP contribution in [0.5, 0.6) is 0 Å². The number of aryl methyl sites for hydroxylation is 6. The van der Waals surface area contributed by atoms with Crippen molar-refractivity contribution in [1.29, 1.82) is 0 Å². The van der Waals surface area contributed by atoms with E-state index in [9.17, 15) is 0 Å². The van der Waals surface area contributed by atoms with Crippen molar-refractivity contribution in [2.24, 2.45) is 40.9 Å². The number of hydrogen-bond donors (Lipinski definition) is 0. The zero-order valence-electron chi connectivity index (χ0n) is 65.9. The summed E-state index contributed by atoms with van der Waals surface area (Å²) in [7, 11) is 0. The van der Waals surface area contributed by atoms with Crippen LogP contribution in [0.4, 0.5) is 45.5 Å². The van der Waals surface area contributed by atoms with E-state index in [1.807, 2.05) is 216 Å². The van der Waals surface area contributed by atoms with Gasteiger partial charge in [-0.1, -0.05) is 212 Å². The number of terminal acetylenes is 3. The number of rotatable bonds is 8. The van der Waals surface area contributed by atoms with E-state index in [-0.39, 0.29) is 0 Å². The highest BCUT2D eigenvalue weighted by atomic mass is 79.9. The number of azo groups is 4. The first-order valence-electron chi connectivity index (χ1n) is 37.0. The average Bonchev–Trinajstić information content (AvgIpc) is 0.828. The molecule has 0 aliphatic rings. The number of nitrogens with zero attached hydrogens (tertiary/aromatic N) is 8. The van der Waals surface area contributed by atoms with Crippen LogP contribution in [0.15, 0.2) is 311 Å². The van der Waals surface area contributed by atoms with Crippen LogP contribution >= 0.6 is 31.9 Å². The van der Waals surface area contributed by atoms with Crippen molar-refractivity contribution in [1.82, 2.24) is 0 Å². The van der Waals surface area contributed by atoms with E-state index in [1.165, 1.54) is 0 Å². The van der Waals surface area contributed by atoms with Gasteiger partial charge in [0.1, 0.15) is 0 Å². The van der Waals surface area contributed by atoms with Gasteiger partial charge >= 0.3 is 0 Å². The predicted octanol–water partition coefficient (Wildman–Crippen LogP) is 27.7. The van der Waals surface area contributed by atoms with Crippen molar-refractivity contribution < 1.29 is 0 Å². The van der Waals surface area contributed by atoms with Crippen LogP contribution in [-0.4, -0.2) is 0 Å². The molecule has 10 heteroatoms. The first-order valence-corrected chi connectivity index (χ1v) is 38.6. The van der Waals surface area contributed by atoms with Crippen LogP contribution in [0.3, 0.4) is 0 Å². The average molecular weight is 1620 g/mol. The van der Waals surface area contributed by atoms with Gasteiger partial charge in [-0.25, -0.2) is 0 Å². The molecule has 116 heavy (non-hydrogen) atoms. The summed E-state index contributed by atoms with van der Waals surface area (Å²) in [6.45, 7) is 20.7. The minimum Gasteiger partial charge on any atom is -0.151 e. The maximum Gasteiger partial charge on any atom is 0.0882 e. The fourth-order valence-electron chi connectivity index (χ4n) is 11.9. The Balaban J connectivity index is 0.000000379. The molecule has 0 fully saturated rings. The monoisotopic (exact) mass is 1620 g/mol. The molecule has 0 unspecified atom stereocenters. The third-order valence-corrected chi connectivity index (χ3v) is 19.3. The molecule has 13 rings (SSSR count). The maximum absolute atomic E-state index is 5.21. The molecule has 0 amide bonds. The van der Waals surface area contributed by atoms with Crippen molar-refractivity contribution in [2.45, 2.75) is 69.2 Å². The normalized spacial score (nSPS) is 10.4. The van der Waals surface area contributed by atoms with E-state index in [2.05, 4.69) is 258 Å². The lowest BCUT2D eigenvalue weighted by molar-refractivity contribution is 1.22. The van der Waals surface area contributed by atoms with E-state index < -0.39 is 0 Å². The lowest BCUT2D eigenvalue weighted by Crippen LogP contribution is -1.91. The summed E-state index contributed by atoms with van der Waals surface area (Å²) in [4.78, 5) is 0. The van der Waals surface area contributed by atoms with E-state index in [1.54, 1.807) is 18.2 Å². The van der Waals surface area contributed by atoms with Gasteiger partial charge in [0.25, 0.3) is 0 Å². The minimum atomic E-state index is 0.627. The van der Waals surface area contributed by atoms with Crippen molar-refractivity contribution in [3.63, 3.8) is 0 Å². The Kier molecular flexibility index (Phi) is 28.7. The van der Waals surface area contributed by atoms with E-state index in [0.29, 0.717) is 33.8 Å². The van der Waals surface area contributed by atoms with Gasteiger partial charge in [-0.15, -0.1) is 19.3 Å². The highest BCUT2D eigenvalue weighted by Gasteiger charge is 2.11. The van der Waals surface area contributed by atoms with Gasteiger partial charge in [-0.05, 0) is 295 Å². The molecule has 13 aromatic rings. The molecule has 0 aliphatic heterocycles. The molecule has 0 spiro atoms. The highest BCUT2D eigenvalue weighted by molar-refractivity contribution is 9.11. The topological polar surface area (TPSA) is 98.9 Å². The van der Waals surface area contributed by atoms with Gasteiger partial charge in [0.2, 0.25) is 0 Å². The van der Waals surface area contributed by atoms with Gasteiger partial charge in [-0.2, -0.15) is 40.9 Å². The molecular formula is C106H76Br2N8. The van der Waals surface area contributed by atoms with Gasteiger partial charge < -0.3 is 0 Å². The quantitative estimate of drug-likeness (QED) is 0.107. The number of halogens is 2. The first-order chi connectivity index (χ1) is 56.2. The molecular weight excluding hydrogens is 1550 g/mol. The van der Waals surface area contributed by atoms with E-state index in [0.717, 1.165) is 160 Å². The molecule has 0 aromatic heterocycles. The first kappa shape index (κ1) is 82.2. The third kappa shape index (κ3) is 24.6. The van der Waals surface area contributed by atoms with Crippen molar-refractivity contribution in [3.8, 4) is 108 Å². The molecule has 0 bridgehead atoms. The maximum atomic E-state index is 5.21. The van der Waals surface area contributed by atoms with Crippen LogP contribution < -0.4 is 0 Å². The van der Waals surface area contributed by atoms with Gasteiger partial charge in [-0.3, -0.25) is 0 Å². The van der Waals surface area contributed by atoms with Crippen LogP contribution in [0.1, 0.15) is 139 Å². The van der Waals surface area contributed by atoms with Crippen molar-refractivity contribution in [3.05, 3.63) is 409 Å². The van der Waals surface area contributed by atoms with Crippen molar-refractivity contribution >= 4 is 77.4 Å². The molecule has 0 atom stereocenters. The fraction of sp³-hybridized carbons (Fsp3) is 0.0943. The standard InChI is InChI=1S/C81H60N6.C13H10Br2N2.C12H6/c1-55-37-56(2)41-64(40-55)25-31-70-49-79(85-82-76-19-13-10-14-20-76)52-73(61(70)7)34-28-67-46-68(29-35-74-53-80(86-83-77-21-15-11-16-22-77)50-71(62(74)8)32-26-65-42-57(3)38-58(4)43-65)48-69(47-67)30-36-75-54-81(87-84-78-23-17-12-18-24-78)51-72(63(75)9)33-27-66-44-59(5)39-60(6)45-66;1-9-12(14)7-11(8-13(9)15)17-16-10-5-3-2-4-6-10;1-4-10-7-11(5-2)9-12(6-3)8-10/h10-24,37-54H,1-9H3;2-8H,1H3;1-3,7-9H. The SMILES string of the molecule is C#Cc1cc(C#C)cc(C#C)c1.Cc1c(Br)cc(N=Nc2ccccc2)cc1Br.Cc1cc(C)cc(C#Cc2cc(N=Nc3ccccc3)cc(C#Cc3cc(C#Cc4cc(N=Nc5ccccc5)cc(C#Cc5cc(C)cc(C)c5)c4C)cc(C#Cc4cc(N=Nc5ccccc5)cc(C#Cc5cc(C)cc(C)c5)c4C)c3)c2C)c1. The molecule has 0 radical (unpaired) electrons. The number of hydrogen-bond acceptors (Lipinski definition) is 8. The molecule has 0 N–H and O–H groups in total. The van der Waals surface area contributed by atoms with Crippen LogP contribution in [0.25, 0.3) is 0 Å². The Morgan fingerprint density at radius 3 is 0.578 bits per heavy atom. The minimum absolute atomic E-state index is 0.627. The lowest BCUT2D eigenvalue weighted by atomic mass is 9.99. The molecule has 0 heterocycles. The van der Waals surface area contributed by atoms with Crippen LogP contribution in [0, 0.1) is 177 Å². The number of benzene rings is 13. The Bertz CT molecular complexity index is 5930. The van der Waals surface area contributed by atoms with Crippen molar-refractivity contribution in [2.75, 3.05) is 0 Å². The van der Waals surface area contributed by atoms with Crippen LogP contribution in [-0.2, 0) is 0 Å². The molecule has 0 aliphatic carbocycles. The summed E-state index contributed by atoms with van der Waals surface area (Å²) in [5.74, 6) is 49.0. The Morgan fingerprint density at radius 2 is 0.371 bits per heavy atom. The smallest absolute Gasteiger partial charge is 0.0882 e. The summed E-state index contributed by atoms with van der Waals surface area (Å²) in [5.41, 5.74) is 28.3. The Labute approximate surface area is 699 Å². The van der Waals surface area contributed by atoms with Gasteiger partial charge in [0.05, 0.1) is 45.5 Å². The second-order valence-electron chi connectivity index (χ2n) is 27.3. The Hall–Kier alpha value is -14.7. The van der Waals surface area contributed by atoms with Gasteiger partial charge in [0, 0.05) is 92.4 Å². The third-order valence-electron chi connectivity index (χ3n) is 17.7. The summed E-state index contributed by atoms with van der Waals surface area (Å²) in [5, 5.41) is 36.1. The Morgan fingerprint density at radius 1 is 0.190 bits per heavy atom. The van der Waals surface area contributed by atoms with E-state index >= 15 is 0 Å². The fourth-order valence-corrected chi connectivity index (χ4v) is 13.0. The molecule has 0 saturated heterocycles. The van der Waals surface area contributed by atoms with E-state index in [4.69, 9.17) is 19.3 Å². The summed E-state index contributed by atoms with van der Waals surface area (Å²) < 4.78 is 2.04. The zero-order valence-corrected chi connectivity index (χ0v) is 69.1. The summed E-state index contributed by atoms with van der Waals surface area (Å²) in [6, 6.07) is 84.6. The molecule has 0 saturated carbocycles. The molecule has 13 aromatic carbocycles. The second-order valence-corrected chi connectivity index (χ2v) is 29.0. The molecule has 8 nitrogen and oxygen atoms in total. The zero-order chi connectivity index (χ0) is 81.9. The molecule has 554 valence electrons. The van der Waals surface area contributed by atoms with Gasteiger partial charge in [0.15, 0.2) is 0 Å². The largest absolute Gasteiger partial charge is 0.151 e. The summed E-state index contributed by atoms with van der Waals surface area (Å²) >= 11 is 6.98.